The van der Waals surface area contributed by atoms with Crippen LogP contribution in [0.5, 0.6) is 0 Å². The van der Waals surface area contributed by atoms with Crippen molar-refractivity contribution in [1.29, 1.82) is 0 Å². The third kappa shape index (κ3) is 2.76. The molecule has 0 saturated carbocycles. The van der Waals surface area contributed by atoms with Crippen LogP contribution < -0.4 is 0 Å². The number of sulfone groups is 1. The second-order valence-corrected chi connectivity index (χ2v) is 9.60. The average molecular weight is 373 g/mol. The minimum Gasteiger partial charge on any atom is -0.466 e. The highest BCUT2D eigenvalue weighted by Gasteiger charge is 2.47. The van der Waals surface area contributed by atoms with Crippen LogP contribution in [0.15, 0.2) is 45.7 Å². The van der Waals surface area contributed by atoms with E-state index in [0.29, 0.717) is 29.1 Å². The summed E-state index contributed by atoms with van der Waals surface area (Å²) >= 11 is 0. The molecule has 2 fully saturated rings. The molecule has 2 saturated heterocycles. The molecule has 2 aliphatic heterocycles. The van der Waals surface area contributed by atoms with Crippen LogP contribution in [-0.2, 0) is 9.84 Å². The van der Waals surface area contributed by atoms with Crippen molar-refractivity contribution in [3.8, 4) is 0 Å². The van der Waals surface area contributed by atoms with Gasteiger partial charge in [-0.25, -0.2) is 8.42 Å². The van der Waals surface area contributed by atoms with Gasteiger partial charge in [-0.3, -0.25) is 4.79 Å². The third-order valence-corrected chi connectivity index (χ3v) is 7.90. The zero-order chi connectivity index (χ0) is 18.5. The number of benzene rings is 1. The van der Waals surface area contributed by atoms with Crippen LogP contribution in [0.3, 0.4) is 0 Å². The number of nitrogens with zero attached hydrogens (tertiary/aromatic N) is 1. The number of fused-ring (bicyclic) bond motifs is 2. The number of furan rings is 1. The van der Waals surface area contributed by atoms with Gasteiger partial charge in [-0.1, -0.05) is 18.2 Å². The summed E-state index contributed by atoms with van der Waals surface area (Å²) in [6, 6.07) is 10.4. The molecule has 1 aromatic carbocycles. The first-order valence-electron chi connectivity index (χ1n) is 9.06. The SMILES string of the molecule is Cc1cc(C(=O)N2[C@@H]3CC[C@H]2CC(S(=O)(=O)c2ccccc2)C3)c(C)o1. The van der Waals surface area contributed by atoms with E-state index in [1.165, 1.54) is 0 Å². The van der Waals surface area contributed by atoms with Gasteiger partial charge in [0.1, 0.15) is 11.5 Å². The number of aryl methyl sites for hydroxylation is 2. The molecular weight excluding hydrogens is 350 g/mol. The minimum absolute atomic E-state index is 0.0145. The fourth-order valence-corrected chi connectivity index (χ4v) is 6.37. The molecule has 1 aromatic heterocycles. The van der Waals surface area contributed by atoms with Crippen molar-refractivity contribution in [2.75, 3.05) is 0 Å². The Morgan fingerprint density at radius 3 is 2.23 bits per heavy atom. The summed E-state index contributed by atoms with van der Waals surface area (Å²) in [4.78, 5) is 15.3. The topological polar surface area (TPSA) is 67.6 Å². The maximum atomic E-state index is 13.0. The molecule has 26 heavy (non-hydrogen) atoms. The Morgan fingerprint density at radius 2 is 1.69 bits per heavy atom. The Kier molecular flexibility index (Phi) is 4.18. The third-order valence-electron chi connectivity index (χ3n) is 5.71. The monoisotopic (exact) mass is 373 g/mol. The summed E-state index contributed by atoms with van der Waals surface area (Å²) in [6.07, 6.45) is 2.75. The lowest BCUT2D eigenvalue weighted by Gasteiger charge is -2.38. The predicted molar refractivity (Wildman–Crippen MR) is 97.8 cm³/mol. The van der Waals surface area contributed by atoms with Gasteiger partial charge in [-0.15, -0.1) is 0 Å². The zero-order valence-corrected chi connectivity index (χ0v) is 15.8. The van der Waals surface area contributed by atoms with Crippen molar-refractivity contribution < 1.29 is 17.6 Å². The molecule has 138 valence electrons. The zero-order valence-electron chi connectivity index (χ0n) is 15.0. The first-order chi connectivity index (χ1) is 12.4. The van der Waals surface area contributed by atoms with E-state index in [9.17, 15) is 13.2 Å². The summed E-state index contributed by atoms with van der Waals surface area (Å²) < 4.78 is 31.5. The molecule has 5 nitrogen and oxygen atoms in total. The lowest BCUT2D eigenvalue weighted by Crippen LogP contribution is -2.49. The summed E-state index contributed by atoms with van der Waals surface area (Å²) in [5.74, 6) is 1.33. The summed E-state index contributed by atoms with van der Waals surface area (Å²) in [5, 5.41) is -0.418. The number of carbonyl (C=O) groups is 1. The maximum Gasteiger partial charge on any atom is 0.257 e. The highest BCUT2D eigenvalue weighted by molar-refractivity contribution is 7.92. The van der Waals surface area contributed by atoms with Gasteiger partial charge in [0.15, 0.2) is 9.84 Å². The van der Waals surface area contributed by atoms with Crippen molar-refractivity contribution in [2.45, 2.75) is 61.8 Å². The van der Waals surface area contributed by atoms with Gasteiger partial charge < -0.3 is 9.32 Å². The van der Waals surface area contributed by atoms with E-state index < -0.39 is 15.1 Å². The van der Waals surface area contributed by atoms with Gasteiger partial charge in [-0.2, -0.15) is 0 Å². The quantitative estimate of drug-likeness (QED) is 0.826. The molecule has 1 amide bonds. The minimum atomic E-state index is -3.36. The van der Waals surface area contributed by atoms with E-state index in [4.69, 9.17) is 4.42 Å². The van der Waals surface area contributed by atoms with Crippen molar-refractivity contribution in [3.05, 3.63) is 53.5 Å². The highest BCUT2D eigenvalue weighted by atomic mass is 32.2. The molecule has 2 aromatic rings. The number of piperidine rings is 1. The molecule has 0 spiro atoms. The van der Waals surface area contributed by atoms with Crippen LogP contribution in [0.4, 0.5) is 0 Å². The van der Waals surface area contributed by atoms with Crippen molar-refractivity contribution in [1.82, 2.24) is 4.90 Å². The first-order valence-corrected chi connectivity index (χ1v) is 10.6. The first kappa shape index (κ1) is 17.3. The smallest absolute Gasteiger partial charge is 0.257 e. The normalized spacial score (nSPS) is 25.5. The van der Waals surface area contributed by atoms with Gasteiger partial charge in [0.25, 0.3) is 5.91 Å². The molecule has 4 rings (SSSR count). The van der Waals surface area contributed by atoms with Crippen LogP contribution in [0, 0.1) is 13.8 Å². The van der Waals surface area contributed by atoms with E-state index in [1.807, 2.05) is 17.9 Å². The predicted octanol–water partition coefficient (Wildman–Crippen LogP) is 3.51. The van der Waals surface area contributed by atoms with Crippen LogP contribution in [0.1, 0.15) is 47.6 Å². The average Bonchev–Trinajstić information content (AvgIpc) is 3.09. The summed E-state index contributed by atoms with van der Waals surface area (Å²) in [7, 11) is -3.36. The van der Waals surface area contributed by atoms with Gasteiger partial charge in [0.2, 0.25) is 0 Å². The Balaban J connectivity index is 1.58. The van der Waals surface area contributed by atoms with Gasteiger partial charge >= 0.3 is 0 Å². The number of rotatable bonds is 3. The number of carbonyl (C=O) groups excluding carboxylic acids is 1. The van der Waals surface area contributed by atoms with Gasteiger partial charge in [-0.05, 0) is 57.7 Å². The fourth-order valence-electron chi connectivity index (χ4n) is 4.50. The standard InChI is InChI=1S/C20H23NO4S/c1-13-10-19(14(2)25-13)20(22)21-15-8-9-16(21)12-18(11-15)26(23,24)17-6-4-3-5-7-17/h3-7,10,15-16,18H,8-9,11-12H2,1-2H3/t15-,16+,18?. The van der Waals surface area contributed by atoms with E-state index in [0.717, 1.165) is 18.6 Å². The number of hydrogen-bond acceptors (Lipinski definition) is 4. The molecule has 1 unspecified atom stereocenters. The lowest BCUT2D eigenvalue weighted by molar-refractivity contribution is 0.0596. The molecule has 0 aliphatic carbocycles. The molecule has 3 heterocycles. The second-order valence-electron chi connectivity index (χ2n) is 7.38. The van der Waals surface area contributed by atoms with E-state index in [-0.39, 0.29) is 18.0 Å². The fraction of sp³-hybridized carbons (Fsp3) is 0.450. The lowest BCUT2D eigenvalue weighted by atomic mass is 10.0. The van der Waals surface area contributed by atoms with Crippen LogP contribution >= 0.6 is 0 Å². The number of hydrogen-bond donors (Lipinski definition) is 0. The molecular formula is C20H23NO4S. The molecule has 6 heteroatoms. The van der Waals surface area contributed by atoms with Gasteiger partial charge in [0, 0.05) is 12.1 Å². The van der Waals surface area contributed by atoms with E-state index >= 15 is 0 Å². The van der Waals surface area contributed by atoms with Crippen LogP contribution in [0.2, 0.25) is 0 Å². The number of amides is 1. The molecule has 0 N–H and O–H groups in total. The Morgan fingerprint density at radius 1 is 1.08 bits per heavy atom. The molecule has 0 radical (unpaired) electrons. The second kappa shape index (κ2) is 6.27. The Labute approximate surface area is 153 Å². The Hall–Kier alpha value is -2.08. The highest BCUT2D eigenvalue weighted by Crippen LogP contribution is 2.41. The van der Waals surface area contributed by atoms with E-state index in [1.54, 1.807) is 37.3 Å². The van der Waals surface area contributed by atoms with Crippen molar-refractivity contribution in [3.63, 3.8) is 0 Å². The molecule has 3 atom stereocenters. The van der Waals surface area contributed by atoms with Crippen LogP contribution in [0.25, 0.3) is 0 Å². The van der Waals surface area contributed by atoms with E-state index in [2.05, 4.69) is 0 Å². The summed E-state index contributed by atoms with van der Waals surface area (Å²) in [6.45, 7) is 3.63. The summed E-state index contributed by atoms with van der Waals surface area (Å²) in [5.41, 5.74) is 0.601. The molecule has 2 bridgehead atoms. The van der Waals surface area contributed by atoms with Gasteiger partial charge in [0.05, 0.1) is 15.7 Å². The van der Waals surface area contributed by atoms with Crippen LogP contribution in [-0.4, -0.2) is 36.6 Å². The van der Waals surface area contributed by atoms with Crippen molar-refractivity contribution >= 4 is 15.7 Å². The maximum absolute atomic E-state index is 13.0. The molecule has 2 aliphatic rings. The largest absolute Gasteiger partial charge is 0.466 e. The Bertz CT molecular complexity index is 918. The van der Waals surface area contributed by atoms with Crippen molar-refractivity contribution in [2.24, 2.45) is 0 Å².